The molecule has 1 saturated heterocycles. The van der Waals surface area contributed by atoms with Crippen molar-refractivity contribution in [1.29, 1.82) is 0 Å². The molecule has 0 aliphatic carbocycles. The summed E-state index contributed by atoms with van der Waals surface area (Å²) >= 11 is 7.94. The maximum atomic E-state index is 13.7. The third kappa shape index (κ3) is 11.6. The summed E-state index contributed by atoms with van der Waals surface area (Å²) in [6, 6.07) is 33.5. The van der Waals surface area contributed by atoms with E-state index in [1.807, 2.05) is 128 Å². The molecule has 4 heterocycles. The topological polar surface area (TPSA) is 165 Å². The maximum Gasteiger partial charge on any atom is 0.255 e. The van der Waals surface area contributed by atoms with Crippen molar-refractivity contribution in [3.05, 3.63) is 153 Å². The third-order valence-corrected chi connectivity index (χ3v) is 14.9. The second-order valence-electron chi connectivity index (χ2n) is 18.7. The van der Waals surface area contributed by atoms with E-state index in [2.05, 4.69) is 39.6 Å². The second-order valence-corrected chi connectivity index (χ2v) is 20.4. The molecule has 1 unspecified atom stereocenters. The van der Waals surface area contributed by atoms with Crippen LogP contribution in [0.5, 0.6) is 23.0 Å². The van der Waals surface area contributed by atoms with E-state index in [9.17, 15) is 14.7 Å². The quantitative estimate of drug-likeness (QED) is 0.0750. The minimum absolute atomic E-state index is 0.0208. The highest BCUT2D eigenvalue weighted by molar-refractivity contribution is 7.15. The molecule has 1 fully saturated rings. The Morgan fingerprint density at radius 3 is 2.32 bits per heavy atom. The molecule has 2 aromatic heterocycles. The monoisotopic (exact) mass is 1040 g/mol. The summed E-state index contributed by atoms with van der Waals surface area (Å²) in [7, 11) is 7.23. The number of ether oxygens (including phenoxy) is 4. The fourth-order valence-electron chi connectivity index (χ4n) is 9.27. The van der Waals surface area contributed by atoms with E-state index in [4.69, 9.17) is 35.5 Å². The summed E-state index contributed by atoms with van der Waals surface area (Å²) in [6.07, 6.45) is 0.400. The number of anilines is 1. The summed E-state index contributed by atoms with van der Waals surface area (Å²) < 4.78 is 26.0. The molecule has 5 aromatic carbocycles. The van der Waals surface area contributed by atoms with Crippen LogP contribution in [0.15, 0.2) is 114 Å². The zero-order chi connectivity index (χ0) is 52.0. The number of halogens is 1. The van der Waals surface area contributed by atoms with Crippen LogP contribution in [-0.2, 0) is 4.79 Å². The number of methoxy groups -OCH3 is 2. The summed E-state index contributed by atoms with van der Waals surface area (Å²) in [5.41, 5.74) is 8.36. The number of rotatable bonds is 18. The van der Waals surface area contributed by atoms with Gasteiger partial charge in [-0.2, -0.15) is 0 Å². The predicted octanol–water partition coefficient (Wildman–Crippen LogP) is 9.71. The van der Waals surface area contributed by atoms with Gasteiger partial charge >= 0.3 is 0 Å². The molecule has 17 heteroatoms. The van der Waals surface area contributed by atoms with Gasteiger partial charge in [0.2, 0.25) is 5.91 Å². The molecular weight excluding hydrogens is 976 g/mol. The summed E-state index contributed by atoms with van der Waals surface area (Å²) in [6.45, 7) is 8.50. The van der Waals surface area contributed by atoms with Gasteiger partial charge in [0.15, 0.2) is 5.82 Å². The Morgan fingerprint density at radius 1 is 0.838 bits per heavy atom. The molecule has 15 nitrogen and oxygen atoms in total. The first-order chi connectivity index (χ1) is 35.8. The second kappa shape index (κ2) is 23.0. The normalized spacial score (nSPS) is 15.1. The number of aliphatic hydroxyl groups excluding tert-OH is 1. The number of carbonyl (C=O) groups is 2. The van der Waals surface area contributed by atoms with Crippen molar-refractivity contribution in [1.82, 2.24) is 29.9 Å². The van der Waals surface area contributed by atoms with Crippen LogP contribution in [0.3, 0.4) is 0 Å². The first kappa shape index (κ1) is 51.8. The molecule has 2 amide bonds. The Kier molecular flexibility index (Phi) is 16.1. The number of carbonyl (C=O) groups excluding carboxylic acids is 2. The van der Waals surface area contributed by atoms with E-state index in [0.717, 1.165) is 61.1 Å². The van der Waals surface area contributed by atoms with Gasteiger partial charge in [0.1, 0.15) is 58.8 Å². The van der Waals surface area contributed by atoms with E-state index in [1.54, 1.807) is 37.7 Å². The number of nitrogens with one attached hydrogen (secondary N) is 2. The van der Waals surface area contributed by atoms with E-state index in [1.165, 1.54) is 0 Å². The number of likely N-dealkylation sites (tertiary alicyclic amines) is 1. The van der Waals surface area contributed by atoms with E-state index in [0.29, 0.717) is 83.5 Å². The first-order valence-electron chi connectivity index (χ1n) is 24.6. The van der Waals surface area contributed by atoms with Gasteiger partial charge in [-0.25, -0.2) is 0 Å². The SMILES string of the molecule is COc1cccc(-c2cc(C(=O)Nc3ccc(-c4ccc(OC5CCN(C(O)CNC(=O)C[C@@H]6N=C(c7ccc(Cl)cc7)c7c(sc(C)c7C)-n7c(C)nnc76)CC5)cc4OCCN(C)C)cc3)ccc2OC)c1. The minimum atomic E-state index is -0.888. The lowest BCUT2D eigenvalue weighted by molar-refractivity contribution is -0.123. The van der Waals surface area contributed by atoms with Crippen molar-refractivity contribution in [3.8, 4) is 50.3 Å². The van der Waals surface area contributed by atoms with Gasteiger partial charge < -0.3 is 39.6 Å². The zero-order valence-electron chi connectivity index (χ0n) is 42.6. The van der Waals surface area contributed by atoms with Crippen molar-refractivity contribution < 1.29 is 33.6 Å². The van der Waals surface area contributed by atoms with Crippen molar-refractivity contribution in [3.63, 3.8) is 0 Å². The van der Waals surface area contributed by atoms with Gasteiger partial charge in [0.25, 0.3) is 5.91 Å². The Bertz CT molecular complexity index is 3170. The minimum Gasteiger partial charge on any atom is -0.497 e. The zero-order valence-corrected chi connectivity index (χ0v) is 44.2. The van der Waals surface area contributed by atoms with Crippen molar-refractivity contribution in [2.75, 3.05) is 66.4 Å². The molecule has 384 valence electrons. The lowest BCUT2D eigenvalue weighted by atomic mass is 9.99. The number of amides is 2. The van der Waals surface area contributed by atoms with Crippen molar-refractivity contribution >= 4 is 46.2 Å². The van der Waals surface area contributed by atoms with Crippen LogP contribution in [0.1, 0.15) is 68.9 Å². The van der Waals surface area contributed by atoms with E-state index >= 15 is 0 Å². The molecule has 3 N–H and O–H groups in total. The predicted molar refractivity (Wildman–Crippen MR) is 291 cm³/mol. The number of hydrogen-bond donors (Lipinski definition) is 3. The summed E-state index contributed by atoms with van der Waals surface area (Å²) in [4.78, 5) is 37.6. The molecule has 2 atom stereocenters. The molecule has 74 heavy (non-hydrogen) atoms. The number of likely N-dealkylation sites (N-methyl/N-ethyl adjacent to an activating group) is 1. The number of aromatic nitrogens is 3. The van der Waals surface area contributed by atoms with E-state index < -0.39 is 12.3 Å². The van der Waals surface area contributed by atoms with Crippen LogP contribution in [0.2, 0.25) is 5.02 Å². The highest BCUT2D eigenvalue weighted by Gasteiger charge is 2.33. The molecule has 0 bridgehead atoms. The summed E-state index contributed by atoms with van der Waals surface area (Å²) in [5, 5.41) is 27.9. The highest BCUT2D eigenvalue weighted by atomic mass is 35.5. The van der Waals surface area contributed by atoms with Gasteiger partial charge in [-0.1, -0.05) is 48.0 Å². The van der Waals surface area contributed by atoms with Crippen LogP contribution in [0.4, 0.5) is 5.69 Å². The Labute approximate surface area is 440 Å². The van der Waals surface area contributed by atoms with Crippen LogP contribution < -0.4 is 29.6 Å². The number of hydrogen-bond acceptors (Lipinski definition) is 13. The molecular formula is C57H61ClN8O7S. The lowest BCUT2D eigenvalue weighted by Gasteiger charge is -2.35. The standard InChI is InChI=1S/C57H61ClN8O7S/c1-34-35(2)74-57-53(34)54(38-11-16-41(58)17-12-38)61-48(55-63-62-36(3)66(55)57)32-51(67)59-33-52(68)65-25-23-43(24-26-65)73-45-20-21-46(50(31-45)72-28-27-64(4)5)37-13-18-42(19-14-37)60-56(69)40-15-22-49(71-7)47(30-40)39-9-8-10-44(29-39)70-6/h8-22,29-31,43,48,52,68H,23-28,32-33H2,1-7H3,(H,59,67)(H,60,69)/t48-,52?/m0/s1. The molecule has 9 rings (SSSR count). The average Bonchev–Trinajstić information content (AvgIpc) is 3.89. The van der Waals surface area contributed by atoms with Gasteiger partial charge in [0.05, 0.1) is 32.9 Å². The molecule has 7 aromatic rings. The van der Waals surface area contributed by atoms with Gasteiger partial charge in [0, 0.05) is 69.1 Å². The number of piperidine rings is 1. The van der Waals surface area contributed by atoms with Crippen molar-refractivity contribution in [2.24, 2.45) is 4.99 Å². The Balaban J connectivity index is 0.811. The number of aliphatic imine (C=N–C) groups is 1. The molecule has 2 aliphatic heterocycles. The highest BCUT2D eigenvalue weighted by Crippen LogP contribution is 2.41. The first-order valence-corrected chi connectivity index (χ1v) is 25.8. The molecule has 0 saturated carbocycles. The smallest absolute Gasteiger partial charge is 0.255 e. The van der Waals surface area contributed by atoms with Gasteiger partial charge in [-0.3, -0.25) is 24.0 Å². The van der Waals surface area contributed by atoms with Gasteiger partial charge in [-0.15, -0.1) is 21.5 Å². The Morgan fingerprint density at radius 2 is 1.59 bits per heavy atom. The van der Waals surface area contributed by atoms with Crippen LogP contribution >= 0.6 is 22.9 Å². The number of benzene rings is 5. The molecule has 2 aliphatic rings. The summed E-state index contributed by atoms with van der Waals surface area (Å²) in [5.74, 6) is 3.52. The van der Waals surface area contributed by atoms with Crippen molar-refractivity contribution in [2.45, 2.75) is 58.4 Å². The molecule has 0 spiro atoms. The molecule has 0 radical (unpaired) electrons. The number of thiophene rings is 1. The van der Waals surface area contributed by atoms with Gasteiger partial charge in [-0.05, 0) is 131 Å². The lowest BCUT2D eigenvalue weighted by Crippen LogP contribution is -2.48. The number of aliphatic hydroxyl groups is 1. The van der Waals surface area contributed by atoms with Crippen LogP contribution in [0, 0.1) is 20.8 Å². The number of aryl methyl sites for hydroxylation is 2. The Hall–Kier alpha value is -7.08. The largest absolute Gasteiger partial charge is 0.497 e. The maximum absolute atomic E-state index is 13.7. The fraction of sp³-hybridized carbons (Fsp3) is 0.316. The average molecular weight is 1040 g/mol. The number of nitrogens with zero attached hydrogens (tertiary/aromatic N) is 6. The number of fused-ring (bicyclic) bond motifs is 3. The van der Waals surface area contributed by atoms with Crippen LogP contribution in [0.25, 0.3) is 27.3 Å². The fourth-order valence-corrected chi connectivity index (χ4v) is 10.6. The van der Waals surface area contributed by atoms with Crippen LogP contribution in [-0.4, -0.2) is 121 Å². The van der Waals surface area contributed by atoms with E-state index in [-0.39, 0.29) is 30.9 Å². The third-order valence-electron chi connectivity index (χ3n) is 13.5.